The van der Waals surface area contributed by atoms with E-state index >= 15 is 0 Å². The molecule has 1 aromatic rings. The van der Waals surface area contributed by atoms with Crippen LogP contribution in [0.1, 0.15) is 32.8 Å². The van der Waals surface area contributed by atoms with Crippen LogP contribution in [0, 0.1) is 0 Å². The first kappa shape index (κ1) is 15.2. The first-order chi connectivity index (χ1) is 8.76. The Hall–Kier alpha value is -0.860. The van der Waals surface area contributed by atoms with E-state index < -0.39 is 0 Å². The molecule has 0 saturated heterocycles. The van der Waals surface area contributed by atoms with Gasteiger partial charge in [0, 0.05) is 19.1 Å². The third-order valence-corrected chi connectivity index (χ3v) is 3.52. The van der Waals surface area contributed by atoms with Gasteiger partial charge < -0.3 is 10.2 Å². The highest BCUT2D eigenvalue weighted by molar-refractivity contribution is 5.14. The molecule has 2 heteroatoms. The topological polar surface area (TPSA) is 15.3 Å². The summed E-state index contributed by atoms with van der Waals surface area (Å²) in [6.45, 7) is 11.3. The number of hydrogen-bond donors (Lipinski definition) is 1. The third kappa shape index (κ3) is 6.18. The highest BCUT2D eigenvalue weighted by atomic mass is 15.1. The van der Waals surface area contributed by atoms with Crippen molar-refractivity contribution in [3.8, 4) is 0 Å². The quantitative estimate of drug-likeness (QED) is 0.723. The van der Waals surface area contributed by atoms with Gasteiger partial charge in [-0.05, 0) is 38.4 Å². The van der Waals surface area contributed by atoms with E-state index in [4.69, 9.17) is 0 Å². The summed E-state index contributed by atoms with van der Waals surface area (Å²) in [5.41, 5.74) is 1.44. The maximum Gasteiger partial charge on any atom is 0.0107 e. The van der Waals surface area contributed by atoms with Gasteiger partial charge in [0.2, 0.25) is 0 Å². The fourth-order valence-electron chi connectivity index (χ4n) is 2.14. The molecule has 2 nitrogen and oxygen atoms in total. The molecule has 102 valence electrons. The minimum atomic E-state index is 0.598. The van der Waals surface area contributed by atoms with Gasteiger partial charge in [-0.2, -0.15) is 0 Å². The molecule has 0 unspecified atom stereocenters. The van der Waals surface area contributed by atoms with Gasteiger partial charge >= 0.3 is 0 Å². The largest absolute Gasteiger partial charge is 0.313 e. The molecule has 0 spiro atoms. The van der Waals surface area contributed by atoms with Gasteiger partial charge in [0.15, 0.2) is 0 Å². The van der Waals surface area contributed by atoms with E-state index in [9.17, 15) is 0 Å². The summed E-state index contributed by atoms with van der Waals surface area (Å²) in [6, 6.07) is 11.3. The Morgan fingerprint density at radius 1 is 1.11 bits per heavy atom. The van der Waals surface area contributed by atoms with Gasteiger partial charge in [-0.25, -0.2) is 0 Å². The lowest BCUT2D eigenvalue weighted by atomic mass is 10.1. The summed E-state index contributed by atoms with van der Waals surface area (Å²) in [5, 5.41) is 3.61. The minimum Gasteiger partial charge on any atom is -0.313 e. The van der Waals surface area contributed by atoms with Crippen molar-refractivity contribution in [3.05, 3.63) is 35.9 Å². The van der Waals surface area contributed by atoms with Crippen LogP contribution in [0.3, 0.4) is 0 Å². The lowest BCUT2D eigenvalue weighted by Gasteiger charge is -2.20. The Kier molecular flexibility index (Phi) is 7.70. The third-order valence-electron chi connectivity index (χ3n) is 3.52. The number of benzene rings is 1. The molecule has 0 bridgehead atoms. The van der Waals surface area contributed by atoms with Crippen molar-refractivity contribution in [2.45, 2.75) is 39.7 Å². The van der Waals surface area contributed by atoms with E-state index in [1.165, 1.54) is 18.4 Å². The van der Waals surface area contributed by atoms with Crippen LogP contribution < -0.4 is 5.32 Å². The second-order valence-corrected chi connectivity index (χ2v) is 4.91. The lowest BCUT2D eigenvalue weighted by molar-refractivity contribution is 0.296. The van der Waals surface area contributed by atoms with E-state index in [2.05, 4.69) is 61.3 Å². The molecule has 0 fully saturated rings. The summed E-state index contributed by atoms with van der Waals surface area (Å²) >= 11 is 0. The SMILES string of the molecule is CCN(CC)CCN[C@H](C)CCc1ccccc1. The van der Waals surface area contributed by atoms with E-state index in [0.29, 0.717) is 6.04 Å². The molecular formula is C16H28N2. The van der Waals surface area contributed by atoms with Crippen molar-refractivity contribution in [2.75, 3.05) is 26.2 Å². The fraction of sp³-hybridized carbons (Fsp3) is 0.625. The van der Waals surface area contributed by atoms with E-state index in [0.717, 1.165) is 26.2 Å². The Morgan fingerprint density at radius 3 is 2.39 bits per heavy atom. The molecular weight excluding hydrogens is 220 g/mol. The summed E-state index contributed by atoms with van der Waals surface area (Å²) in [5.74, 6) is 0. The van der Waals surface area contributed by atoms with Crippen molar-refractivity contribution < 1.29 is 0 Å². The molecule has 0 aliphatic heterocycles. The molecule has 1 rings (SSSR count). The maximum absolute atomic E-state index is 3.61. The molecule has 0 radical (unpaired) electrons. The Labute approximate surface area is 112 Å². The average Bonchev–Trinajstić information content (AvgIpc) is 2.42. The zero-order valence-corrected chi connectivity index (χ0v) is 12.2. The van der Waals surface area contributed by atoms with Gasteiger partial charge in [-0.1, -0.05) is 44.2 Å². The lowest BCUT2D eigenvalue weighted by Crippen LogP contribution is -2.36. The van der Waals surface area contributed by atoms with Crippen molar-refractivity contribution in [2.24, 2.45) is 0 Å². The summed E-state index contributed by atoms with van der Waals surface area (Å²) in [6.07, 6.45) is 2.38. The number of aryl methyl sites for hydroxylation is 1. The molecule has 1 N–H and O–H groups in total. The first-order valence-electron chi connectivity index (χ1n) is 7.25. The van der Waals surface area contributed by atoms with Crippen LogP contribution in [-0.4, -0.2) is 37.1 Å². The van der Waals surface area contributed by atoms with Crippen molar-refractivity contribution in [1.82, 2.24) is 10.2 Å². The highest BCUT2D eigenvalue weighted by Gasteiger charge is 2.03. The van der Waals surface area contributed by atoms with Crippen LogP contribution >= 0.6 is 0 Å². The van der Waals surface area contributed by atoms with Crippen molar-refractivity contribution in [3.63, 3.8) is 0 Å². The molecule has 0 amide bonds. The Balaban J connectivity index is 2.12. The summed E-state index contributed by atoms with van der Waals surface area (Å²) in [7, 11) is 0. The monoisotopic (exact) mass is 248 g/mol. The summed E-state index contributed by atoms with van der Waals surface area (Å²) in [4.78, 5) is 2.46. The molecule has 0 saturated carbocycles. The summed E-state index contributed by atoms with van der Waals surface area (Å²) < 4.78 is 0. The average molecular weight is 248 g/mol. The Morgan fingerprint density at radius 2 is 1.78 bits per heavy atom. The zero-order chi connectivity index (χ0) is 13.2. The van der Waals surface area contributed by atoms with Gasteiger partial charge in [-0.15, -0.1) is 0 Å². The molecule has 1 atom stereocenters. The number of rotatable bonds is 9. The number of likely N-dealkylation sites (N-methyl/N-ethyl adjacent to an activating group) is 1. The standard InChI is InChI=1S/C16H28N2/c1-4-18(5-2)14-13-17-15(3)11-12-16-9-7-6-8-10-16/h6-10,15,17H,4-5,11-14H2,1-3H3/t15-/m1/s1. The van der Waals surface area contributed by atoms with Crippen LogP contribution in [0.15, 0.2) is 30.3 Å². The van der Waals surface area contributed by atoms with Gasteiger partial charge in [0.25, 0.3) is 0 Å². The normalized spacial score (nSPS) is 12.9. The Bertz CT molecular complexity index is 293. The number of nitrogens with zero attached hydrogens (tertiary/aromatic N) is 1. The fourth-order valence-corrected chi connectivity index (χ4v) is 2.14. The molecule has 18 heavy (non-hydrogen) atoms. The van der Waals surface area contributed by atoms with Gasteiger partial charge in [0.1, 0.15) is 0 Å². The predicted octanol–water partition coefficient (Wildman–Crippen LogP) is 2.94. The first-order valence-corrected chi connectivity index (χ1v) is 7.25. The van der Waals surface area contributed by atoms with Crippen LogP contribution in [0.4, 0.5) is 0 Å². The maximum atomic E-state index is 3.61. The van der Waals surface area contributed by atoms with E-state index in [1.807, 2.05) is 0 Å². The van der Waals surface area contributed by atoms with Crippen molar-refractivity contribution >= 4 is 0 Å². The smallest absolute Gasteiger partial charge is 0.0107 e. The van der Waals surface area contributed by atoms with Crippen LogP contribution in [0.2, 0.25) is 0 Å². The van der Waals surface area contributed by atoms with Crippen LogP contribution in [0.25, 0.3) is 0 Å². The predicted molar refractivity (Wildman–Crippen MR) is 80.0 cm³/mol. The highest BCUT2D eigenvalue weighted by Crippen LogP contribution is 2.04. The van der Waals surface area contributed by atoms with E-state index in [1.54, 1.807) is 0 Å². The van der Waals surface area contributed by atoms with Crippen molar-refractivity contribution in [1.29, 1.82) is 0 Å². The second-order valence-electron chi connectivity index (χ2n) is 4.91. The zero-order valence-electron chi connectivity index (χ0n) is 12.2. The molecule has 0 aliphatic rings. The molecule has 0 heterocycles. The van der Waals surface area contributed by atoms with Gasteiger partial charge in [-0.3, -0.25) is 0 Å². The second kappa shape index (κ2) is 9.12. The molecule has 0 aliphatic carbocycles. The minimum absolute atomic E-state index is 0.598. The van der Waals surface area contributed by atoms with Gasteiger partial charge in [0.05, 0.1) is 0 Å². The van der Waals surface area contributed by atoms with E-state index in [-0.39, 0.29) is 0 Å². The molecule has 1 aromatic carbocycles. The van der Waals surface area contributed by atoms with Crippen LogP contribution in [0.5, 0.6) is 0 Å². The number of hydrogen-bond acceptors (Lipinski definition) is 2. The number of nitrogens with one attached hydrogen (secondary N) is 1. The van der Waals surface area contributed by atoms with Crippen LogP contribution in [-0.2, 0) is 6.42 Å². The molecule has 0 aromatic heterocycles.